The third-order valence-electron chi connectivity index (χ3n) is 15.1. The number of amides is 2. The first-order valence-corrected chi connectivity index (χ1v) is 25.8. The Kier molecular flexibility index (Phi) is 15.9. The summed E-state index contributed by atoms with van der Waals surface area (Å²) in [6.07, 6.45) is 4.45. The maximum absolute atomic E-state index is 13.3. The summed E-state index contributed by atoms with van der Waals surface area (Å²) in [7, 11) is 0. The van der Waals surface area contributed by atoms with Gasteiger partial charge >= 0.3 is 12.2 Å². The molecule has 68 heavy (non-hydrogen) atoms. The molecule has 2 saturated heterocycles. The van der Waals surface area contributed by atoms with Crippen LogP contribution in [0.5, 0.6) is 0 Å². The summed E-state index contributed by atoms with van der Waals surface area (Å²) >= 11 is 0. The molecule has 4 aromatic rings. The molecule has 0 aromatic heterocycles. The molecule has 4 aromatic carbocycles. The highest BCUT2D eigenvalue weighted by atomic mass is 16.6. The molecule has 1 saturated carbocycles. The molecule has 0 bridgehead atoms. The lowest BCUT2D eigenvalue weighted by molar-refractivity contribution is 0.101. The van der Waals surface area contributed by atoms with Gasteiger partial charge in [-0.05, 0) is 97.3 Å². The second kappa shape index (κ2) is 21.1. The highest BCUT2D eigenvalue weighted by Crippen LogP contribution is 2.38. The monoisotopic (exact) mass is 925 g/mol. The lowest BCUT2D eigenvalue weighted by Crippen LogP contribution is -2.38. The van der Waals surface area contributed by atoms with E-state index >= 15 is 0 Å². The summed E-state index contributed by atoms with van der Waals surface area (Å²) in [4.78, 5) is 26.5. The minimum Gasteiger partial charge on any atom is -0.445 e. The fraction of sp³-hybridized carbons (Fsp3) is 0.567. The van der Waals surface area contributed by atoms with Crippen molar-refractivity contribution in [2.24, 2.45) is 11.8 Å². The second-order valence-corrected chi connectivity index (χ2v) is 24.7. The van der Waals surface area contributed by atoms with E-state index in [0.29, 0.717) is 38.0 Å². The molecule has 368 valence electrons. The molecule has 6 atom stereocenters. The summed E-state index contributed by atoms with van der Waals surface area (Å²) < 4.78 is 12.1. The van der Waals surface area contributed by atoms with E-state index in [2.05, 4.69) is 201 Å². The van der Waals surface area contributed by atoms with E-state index in [1.165, 1.54) is 44.5 Å². The Morgan fingerprint density at radius 3 is 1.01 bits per heavy atom. The molecule has 8 nitrogen and oxygen atoms in total. The zero-order valence-corrected chi connectivity index (χ0v) is 43.6. The normalized spacial score (nSPS) is 22.6. The first kappa shape index (κ1) is 51.2. The van der Waals surface area contributed by atoms with Gasteiger partial charge in [-0.1, -0.05) is 187 Å². The molecule has 0 radical (unpaired) electrons. The molecule has 8 heteroatoms. The third kappa shape index (κ3) is 13.4. The summed E-state index contributed by atoms with van der Waals surface area (Å²) in [6, 6.07) is 36.6. The standard InChI is InChI=1S/C60H84N4O4/c1-57(2,3)45-24-16-41(17-25-45)53(42-18-26-46(27-19-42)58(4,5)6)51-33-49(37-61-51)67-55(65)63-35-39-14-13-15-40(32-39)36-64-56(66)68-50-34-52(62-38-50)54(43-20-28-47(29-21-43)59(7,8)9)44-22-30-48(31-23-44)60(10,11)12/h16-31,39-40,49-54,61-62H,13-15,32-38H2,1-12H3,(H,63,65)(H,64,66)/t39?,40?,49-,50-,51-,52-/m1/s1. The van der Waals surface area contributed by atoms with E-state index in [0.717, 1.165) is 38.5 Å². The average molecular weight is 925 g/mol. The number of benzene rings is 4. The van der Waals surface area contributed by atoms with Crippen LogP contribution < -0.4 is 21.3 Å². The number of carbonyl (C=O) groups excluding carboxylic acids is 2. The van der Waals surface area contributed by atoms with E-state index in [1.807, 2.05) is 0 Å². The van der Waals surface area contributed by atoms with Gasteiger partial charge in [-0.15, -0.1) is 0 Å². The second-order valence-electron chi connectivity index (χ2n) is 24.7. The Labute approximate surface area is 409 Å². The topological polar surface area (TPSA) is 101 Å². The number of rotatable bonds is 12. The average Bonchev–Trinajstić information content (AvgIpc) is 3.94. The van der Waals surface area contributed by atoms with Gasteiger partial charge in [-0.3, -0.25) is 0 Å². The minimum absolute atomic E-state index is 0.0779. The van der Waals surface area contributed by atoms with Gasteiger partial charge in [0.25, 0.3) is 0 Å². The number of hydrogen-bond donors (Lipinski definition) is 4. The summed E-state index contributed by atoms with van der Waals surface area (Å²) in [5, 5.41) is 13.7. The van der Waals surface area contributed by atoms with Crippen LogP contribution in [0.3, 0.4) is 0 Å². The van der Waals surface area contributed by atoms with E-state index in [1.54, 1.807) is 0 Å². The van der Waals surface area contributed by atoms with Crippen molar-refractivity contribution in [2.45, 2.75) is 179 Å². The maximum Gasteiger partial charge on any atom is 0.407 e. The lowest BCUT2D eigenvalue weighted by atomic mass is 9.80. The molecular weight excluding hydrogens is 841 g/mol. The number of hydrogen-bond acceptors (Lipinski definition) is 6. The minimum atomic E-state index is -0.351. The van der Waals surface area contributed by atoms with Crippen LogP contribution in [0.15, 0.2) is 97.1 Å². The van der Waals surface area contributed by atoms with Crippen LogP contribution in [0.1, 0.15) is 178 Å². The van der Waals surface area contributed by atoms with Crippen molar-refractivity contribution in [2.75, 3.05) is 26.2 Å². The molecule has 3 aliphatic rings. The zero-order chi connectivity index (χ0) is 49.0. The Bertz CT molecular complexity index is 1980. The zero-order valence-electron chi connectivity index (χ0n) is 43.6. The Morgan fingerprint density at radius 1 is 0.471 bits per heavy atom. The summed E-state index contributed by atoms with van der Waals surface area (Å²) in [5.74, 6) is 0.916. The van der Waals surface area contributed by atoms with E-state index < -0.39 is 0 Å². The molecule has 0 spiro atoms. The van der Waals surface area contributed by atoms with E-state index in [4.69, 9.17) is 9.47 Å². The largest absolute Gasteiger partial charge is 0.445 e. The van der Waals surface area contributed by atoms with Gasteiger partial charge in [-0.25, -0.2) is 9.59 Å². The fourth-order valence-corrected chi connectivity index (χ4v) is 10.8. The van der Waals surface area contributed by atoms with Gasteiger partial charge in [0.05, 0.1) is 0 Å². The molecular formula is C60H84N4O4. The van der Waals surface area contributed by atoms with Crippen molar-refractivity contribution in [1.82, 2.24) is 21.3 Å². The molecule has 2 unspecified atom stereocenters. The number of ether oxygens (including phenoxy) is 2. The first-order chi connectivity index (χ1) is 32.0. The van der Waals surface area contributed by atoms with Gasteiger partial charge in [-0.2, -0.15) is 0 Å². The van der Waals surface area contributed by atoms with Gasteiger partial charge in [0.2, 0.25) is 0 Å². The Hall–Kier alpha value is -4.66. The molecule has 2 aliphatic heterocycles. The van der Waals surface area contributed by atoms with E-state index in [-0.39, 0.29) is 70.0 Å². The predicted molar refractivity (Wildman–Crippen MR) is 279 cm³/mol. The van der Waals surface area contributed by atoms with Gasteiger partial charge < -0.3 is 30.7 Å². The molecule has 2 heterocycles. The van der Waals surface area contributed by atoms with E-state index in [9.17, 15) is 9.59 Å². The van der Waals surface area contributed by atoms with Crippen LogP contribution in [-0.2, 0) is 31.1 Å². The molecule has 3 fully saturated rings. The SMILES string of the molecule is CC(C)(C)c1ccc(C(c2ccc(C(C)(C)C)cc2)[C@H]2C[C@@H](OC(=O)NCC3CCCC(CNC(=O)O[C@H]4CN[C@@H](C(c5ccc(C(C)(C)C)cc5)c5ccc(C(C)(C)C)cc5)C4)C3)CN2)cc1. The van der Waals surface area contributed by atoms with Crippen LogP contribution in [0.4, 0.5) is 9.59 Å². The summed E-state index contributed by atoms with van der Waals surface area (Å²) in [6.45, 7) is 29.4. The molecule has 1 aliphatic carbocycles. The number of alkyl carbamates (subject to hydrolysis) is 2. The molecule has 7 rings (SSSR count). The number of carbonyl (C=O) groups is 2. The van der Waals surface area contributed by atoms with Crippen LogP contribution in [0, 0.1) is 11.8 Å². The van der Waals surface area contributed by atoms with Gasteiger partial charge in [0.15, 0.2) is 0 Å². The van der Waals surface area contributed by atoms with Crippen molar-refractivity contribution in [3.63, 3.8) is 0 Å². The maximum atomic E-state index is 13.3. The van der Waals surface area contributed by atoms with Crippen LogP contribution in [0.2, 0.25) is 0 Å². The van der Waals surface area contributed by atoms with Crippen molar-refractivity contribution in [3.05, 3.63) is 142 Å². The Morgan fingerprint density at radius 2 is 0.750 bits per heavy atom. The Balaban J connectivity index is 0.878. The lowest BCUT2D eigenvalue weighted by Gasteiger charge is -2.29. The van der Waals surface area contributed by atoms with Crippen molar-refractivity contribution < 1.29 is 19.1 Å². The third-order valence-corrected chi connectivity index (χ3v) is 15.1. The summed E-state index contributed by atoms with van der Waals surface area (Å²) in [5.41, 5.74) is 10.6. The van der Waals surface area contributed by atoms with Crippen LogP contribution in [0.25, 0.3) is 0 Å². The highest BCUT2D eigenvalue weighted by Gasteiger charge is 2.37. The van der Waals surface area contributed by atoms with Crippen molar-refractivity contribution in [3.8, 4) is 0 Å². The smallest absolute Gasteiger partial charge is 0.407 e. The van der Waals surface area contributed by atoms with Crippen LogP contribution in [-0.4, -0.2) is 62.7 Å². The fourth-order valence-electron chi connectivity index (χ4n) is 10.8. The highest BCUT2D eigenvalue weighted by molar-refractivity contribution is 5.68. The molecule has 4 N–H and O–H groups in total. The van der Waals surface area contributed by atoms with Gasteiger partial charge in [0, 0.05) is 62.9 Å². The number of nitrogens with one attached hydrogen (secondary N) is 4. The quantitative estimate of drug-likeness (QED) is 0.113. The predicted octanol–water partition coefficient (Wildman–Crippen LogP) is 12.6. The van der Waals surface area contributed by atoms with Crippen molar-refractivity contribution >= 4 is 12.2 Å². The van der Waals surface area contributed by atoms with Crippen LogP contribution >= 0.6 is 0 Å². The molecule has 2 amide bonds. The van der Waals surface area contributed by atoms with Gasteiger partial charge in [0.1, 0.15) is 12.2 Å². The van der Waals surface area contributed by atoms with Crippen molar-refractivity contribution in [1.29, 1.82) is 0 Å². The first-order valence-electron chi connectivity index (χ1n) is 25.8.